The number of nitrogens with one attached hydrogen (secondary N) is 1. The number of aryl methyl sites for hydroxylation is 2. The van der Waals surface area contributed by atoms with Gasteiger partial charge in [-0.05, 0) is 56.2 Å². The second-order valence-corrected chi connectivity index (χ2v) is 7.15. The van der Waals surface area contributed by atoms with Gasteiger partial charge in [0.1, 0.15) is 5.75 Å². The summed E-state index contributed by atoms with van der Waals surface area (Å²) in [6.07, 6.45) is -1.07. The predicted molar refractivity (Wildman–Crippen MR) is 107 cm³/mol. The van der Waals surface area contributed by atoms with Gasteiger partial charge in [0.05, 0.1) is 15.7 Å². The Morgan fingerprint density at radius 3 is 2.26 bits per heavy atom. The van der Waals surface area contributed by atoms with Crippen LogP contribution in [-0.4, -0.2) is 24.6 Å². The molecule has 0 aromatic heterocycles. The molecule has 0 bridgehead atoms. The van der Waals surface area contributed by atoms with E-state index >= 15 is 0 Å². The topological polar surface area (TPSA) is 64.6 Å². The number of rotatable bonds is 6. The number of hydrogen-bond donors (Lipinski definition) is 1. The van der Waals surface area contributed by atoms with Crippen molar-refractivity contribution in [2.24, 2.45) is 0 Å². The van der Waals surface area contributed by atoms with Crippen LogP contribution >= 0.6 is 34.8 Å². The molecule has 27 heavy (non-hydrogen) atoms. The molecule has 0 aliphatic rings. The predicted octanol–water partition coefficient (Wildman–Crippen LogP) is 5.21. The monoisotopic (exact) mass is 429 g/mol. The van der Waals surface area contributed by atoms with E-state index < -0.39 is 18.0 Å². The molecule has 0 radical (unpaired) electrons. The van der Waals surface area contributed by atoms with Gasteiger partial charge in [-0.3, -0.25) is 4.79 Å². The third-order valence-electron chi connectivity index (χ3n) is 3.77. The summed E-state index contributed by atoms with van der Waals surface area (Å²) in [6.45, 7) is 5.04. The van der Waals surface area contributed by atoms with Crippen LogP contribution < -0.4 is 10.1 Å². The maximum Gasteiger partial charge on any atom is 0.344 e. The van der Waals surface area contributed by atoms with Gasteiger partial charge >= 0.3 is 5.97 Å². The van der Waals surface area contributed by atoms with Gasteiger partial charge in [-0.2, -0.15) is 0 Å². The molecule has 1 atom stereocenters. The zero-order valence-electron chi connectivity index (χ0n) is 14.9. The maximum absolute atomic E-state index is 12.2. The average Bonchev–Trinajstić information content (AvgIpc) is 2.58. The number of ether oxygens (including phenoxy) is 2. The van der Waals surface area contributed by atoms with E-state index in [1.54, 1.807) is 6.07 Å². The number of halogens is 3. The Kier molecular flexibility index (Phi) is 7.36. The molecule has 1 unspecified atom stereocenters. The summed E-state index contributed by atoms with van der Waals surface area (Å²) in [7, 11) is 0. The fourth-order valence-electron chi connectivity index (χ4n) is 2.12. The molecule has 2 aromatic rings. The average molecular weight is 431 g/mol. The van der Waals surface area contributed by atoms with Crippen molar-refractivity contribution in [3.05, 3.63) is 56.5 Å². The van der Waals surface area contributed by atoms with E-state index in [0.29, 0.717) is 10.8 Å². The molecule has 0 aliphatic heterocycles. The molecular weight excluding hydrogens is 413 g/mol. The Bertz CT molecular complexity index is 847. The van der Waals surface area contributed by atoms with E-state index in [4.69, 9.17) is 44.3 Å². The van der Waals surface area contributed by atoms with Crippen LogP contribution in [0, 0.1) is 13.8 Å². The lowest BCUT2D eigenvalue weighted by Gasteiger charge is -2.15. The van der Waals surface area contributed by atoms with Gasteiger partial charge in [-0.15, -0.1) is 0 Å². The van der Waals surface area contributed by atoms with E-state index in [-0.39, 0.29) is 22.3 Å². The second kappa shape index (κ2) is 9.31. The number of esters is 1. The molecule has 5 nitrogen and oxygen atoms in total. The van der Waals surface area contributed by atoms with E-state index in [1.165, 1.54) is 19.1 Å². The highest BCUT2D eigenvalue weighted by molar-refractivity contribution is 6.42. The molecule has 0 fully saturated rings. The Morgan fingerprint density at radius 1 is 1.04 bits per heavy atom. The molecule has 0 aliphatic carbocycles. The maximum atomic E-state index is 12.2. The summed E-state index contributed by atoms with van der Waals surface area (Å²) in [5.41, 5.74) is 2.36. The smallest absolute Gasteiger partial charge is 0.344 e. The molecule has 0 heterocycles. The Labute approximate surface area is 172 Å². The minimum atomic E-state index is -1.07. The van der Waals surface area contributed by atoms with Crippen molar-refractivity contribution in [3.8, 4) is 5.75 Å². The largest absolute Gasteiger partial charge is 0.482 e. The van der Waals surface area contributed by atoms with Gasteiger partial charge in [-0.25, -0.2) is 4.79 Å². The lowest BCUT2D eigenvalue weighted by molar-refractivity contribution is -0.155. The standard InChI is InChI=1S/C19H18Cl3NO4/c1-10-4-5-14(6-11(10)2)26-9-17(24)27-12(3)19(25)23-18-15(21)7-13(20)8-16(18)22/h4-8,12H,9H2,1-3H3,(H,23,25). The summed E-state index contributed by atoms with van der Waals surface area (Å²) >= 11 is 17.9. The quantitative estimate of drug-likeness (QED) is 0.639. The van der Waals surface area contributed by atoms with Gasteiger partial charge in [0.2, 0.25) is 0 Å². The molecule has 1 amide bonds. The third-order valence-corrected chi connectivity index (χ3v) is 4.58. The SMILES string of the molecule is Cc1ccc(OCC(=O)OC(C)C(=O)Nc2c(Cl)cc(Cl)cc2Cl)cc1C. The van der Waals surface area contributed by atoms with Gasteiger partial charge in [0.25, 0.3) is 5.91 Å². The summed E-state index contributed by atoms with van der Waals surface area (Å²) < 4.78 is 10.5. The second-order valence-electron chi connectivity index (χ2n) is 5.90. The van der Waals surface area contributed by atoms with Crippen molar-refractivity contribution in [3.63, 3.8) is 0 Å². The number of amides is 1. The Hall–Kier alpha value is -1.95. The van der Waals surface area contributed by atoms with Crippen LogP contribution in [0.1, 0.15) is 18.1 Å². The normalized spacial score (nSPS) is 11.6. The molecule has 1 N–H and O–H groups in total. The molecule has 2 rings (SSSR count). The highest BCUT2D eigenvalue weighted by Crippen LogP contribution is 2.33. The summed E-state index contributed by atoms with van der Waals surface area (Å²) in [6, 6.07) is 8.36. The minimum Gasteiger partial charge on any atom is -0.482 e. The number of benzene rings is 2. The molecule has 0 saturated heterocycles. The minimum absolute atomic E-state index is 0.178. The van der Waals surface area contributed by atoms with Crippen molar-refractivity contribution >= 4 is 52.4 Å². The van der Waals surface area contributed by atoms with Crippen LogP contribution in [0.25, 0.3) is 0 Å². The van der Waals surface area contributed by atoms with Crippen LogP contribution in [0.3, 0.4) is 0 Å². The highest BCUT2D eigenvalue weighted by Gasteiger charge is 2.20. The van der Waals surface area contributed by atoms with Crippen molar-refractivity contribution in [1.29, 1.82) is 0 Å². The van der Waals surface area contributed by atoms with Crippen LogP contribution in [0.15, 0.2) is 30.3 Å². The number of anilines is 1. The number of hydrogen-bond acceptors (Lipinski definition) is 4. The molecule has 144 valence electrons. The molecular formula is C19H18Cl3NO4. The molecule has 0 spiro atoms. The van der Waals surface area contributed by atoms with Crippen LogP contribution in [0.4, 0.5) is 5.69 Å². The van der Waals surface area contributed by atoms with Gasteiger partial charge < -0.3 is 14.8 Å². The van der Waals surface area contributed by atoms with Crippen molar-refractivity contribution in [2.45, 2.75) is 26.9 Å². The van der Waals surface area contributed by atoms with Crippen molar-refractivity contribution in [1.82, 2.24) is 0 Å². The van der Waals surface area contributed by atoms with Crippen LogP contribution in [0.5, 0.6) is 5.75 Å². The Balaban J connectivity index is 1.90. The highest BCUT2D eigenvalue weighted by atomic mass is 35.5. The van der Waals surface area contributed by atoms with Gasteiger partial charge in [0, 0.05) is 5.02 Å². The summed E-state index contributed by atoms with van der Waals surface area (Å²) in [5.74, 6) is -0.711. The third kappa shape index (κ3) is 6.03. The van der Waals surface area contributed by atoms with Crippen molar-refractivity contribution in [2.75, 3.05) is 11.9 Å². The van der Waals surface area contributed by atoms with Crippen molar-refractivity contribution < 1.29 is 19.1 Å². The fourth-order valence-corrected chi connectivity index (χ4v) is 3.03. The number of carbonyl (C=O) groups is 2. The molecule has 0 saturated carbocycles. The Morgan fingerprint density at radius 2 is 1.67 bits per heavy atom. The van der Waals surface area contributed by atoms with E-state index in [0.717, 1.165) is 11.1 Å². The van der Waals surface area contributed by atoms with E-state index in [1.807, 2.05) is 26.0 Å². The molecule has 2 aromatic carbocycles. The van der Waals surface area contributed by atoms with Crippen LogP contribution in [0.2, 0.25) is 15.1 Å². The summed E-state index contributed by atoms with van der Waals surface area (Å²) in [5, 5.41) is 3.21. The zero-order chi connectivity index (χ0) is 20.1. The fraction of sp³-hybridized carbons (Fsp3) is 0.263. The first-order valence-electron chi connectivity index (χ1n) is 8.02. The van der Waals surface area contributed by atoms with E-state index in [9.17, 15) is 9.59 Å². The zero-order valence-corrected chi connectivity index (χ0v) is 17.2. The number of carbonyl (C=O) groups excluding carboxylic acids is 2. The lowest BCUT2D eigenvalue weighted by Crippen LogP contribution is -2.31. The van der Waals surface area contributed by atoms with Crippen LogP contribution in [-0.2, 0) is 14.3 Å². The first-order valence-corrected chi connectivity index (χ1v) is 9.15. The lowest BCUT2D eigenvalue weighted by atomic mass is 10.1. The summed E-state index contributed by atoms with van der Waals surface area (Å²) in [4.78, 5) is 24.1. The first kappa shape index (κ1) is 21.4. The van der Waals surface area contributed by atoms with Gasteiger partial charge in [-0.1, -0.05) is 40.9 Å². The first-order chi connectivity index (χ1) is 12.7. The molecule has 8 heteroatoms. The van der Waals surface area contributed by atoms with E-state index in [2.05, 4.69) is 5.32 Å². The van der Waals surface area contributed by atoms with Gasteiger partial charge in [0.15, 0.2) is 12.7 Å².